The Morgan fingerprint density at radius 1 is 1.18 bits per heavy atom. The number of anilines is 1. The number of hydrogen-bond acceptors (Lipinski definition) is 6. The first-order chi connectivity index (χ1) is 16.2. The molecule has 0 saturated carbocycles. The molecule has 0 bridgehead atoms. The van der Waals surface area contributed by atoms with Crippen LogP contribution in [0.25, 0.3) is 16.9 Å². The highest BCUT2D eigenvalue weighted by Crippen LogP contribution is 2.34. The molecule has 0 spiro atoms. The van der Waals surface area contributed by atoms with Crippen molar-refractivity contribution in [1.82, 2.24) is 14.3 Å². The van der Waals surface area contributed by atoms with Crippen molar-refractivity contribution in [2.24, 2.45) is 0 Å². The van der Waals surface area contributed by atoms with E-state index < -0.39 is 5.60 Å². The van der Waals surface area contributed by atoms with Crippen molar-refractivity contribution < 1.29 is 19.4 Å². The maximum absolute atomic E-state index is 12.5. The van der Waals surface area contributed by atoms with E-state index in [4.69, 9.17) is 26.1 Å². The van der Waals surface area contributed by atoms with Gasteiger partial charge in [-0.1, -0.05) is 11.6 Å². The van der Waals surface area contributed by atoms with Crippen molar-refractivity contribution in [2.45, 2.75) is 39.4 Å². The summed E-state index contributed by atoms with van der Waals surface area (Å²) < 4.78 is 12.8. The second kappa shape index (κ2) is 9.72. The second-order valence-electron chi connectivity index (χ2n) is 9.39. The Kier molecular flexibility index (Phi) is 6.91. The van der Waals surface area contributed by atoms with Gasteiger partial charge in [0.25, 0.3) is 0 Å². The molecule has 0 aliphatic carbocycles. The Bertz CT molecular complexity index is 1190. The van der Waals surface area contributed by atoms with E-state index in [9.17, 15) is 9.90 Å². The third-order valence-electron chi connectivity index (χ3n) is 5.78. The molecule has 1 aliphatic heterocycles. The number of imidazole rings is 1. The van der Waals surface area contributed by atoms with Crippen LogP contribution in [0.15, 0.2) is 36.7 Å². The zero-order valence-electron chi connectivity index (χ0n) is 20.0. The number of fused-ring (bicyclic) bond motifs is 1. The largest absolute Gasteiger partial charge is 0.495 e. The summed E-state index contributed by atoms with van der Waals surface area (Å²) in [5.41, 5.74) is 3.51. The lowest BCUT2D eigenvalue weighted by atomic mass is 10.1. The van der Waals surface area contributed by atoms with Crippen molar-refractivity contribution in [3.05, 3.63) is 47.2 Å². The van der Waals surface area contributed by atoms with E-state index >= 15 is 0 Å². The van der Waals surface area contributed by atoms with E-state index in [1.165, 1.54) is 0 Å². The molecule has 3 aromatic rings. The topological polar surface area (TPSA) is 79.5 Å². The quantitative estimate of drug-likeness (QED) is 0.580. The molecule has 1 fully saturated rings. The molecule has 1 aromatic carbocycles. The molecule has 34 heavy (non-hydrogen) atoms. The fourth-order valence-electron chi connectivity index (χ4n) is 4.10. The zero-order chi connectivity index (χ0) is 24.5. The lowest BCUT2D eigenvalue weighted by Crippen LogP contribution is -2.39. The Morgan fingerprint density at radius 3 is 2.68 bits per heavy atom. The summed E-state index contributed by atoms with van der Waals surface area (Å²) in [6, 6.07) is 7.60. The van der Waals surface area contributed by atoms with Gasteiger partial charge in [0.05, 0.1) is 24.4 Å². The fourth-order valence-corrected chi connectivity index (χ4v) is 4.34. The number of carbonyl (C=O) groups is 1. The van der Waals surface area contributed by atoms with Crippen LogP contribution in [0.3, 0.4) is 0 Å². The van der Waals surface area contributed by atoms with Crippen LogP contribution >= 0.6 is 11.6 Å². The van der Waals surface area contributed by atoms with Crippen LogP contribution in [0.1, 0.15) is 32.8 Å². The van der Waals surface area contributed by atoms with Gasteiger partial charge >= 0.3 is 6.09 Å². The van der Waals surface area contributed by atoms with Gasteiger partial charge in [-0.15, -0.1) is 0 Å². The molecule has 1 saturated heterocycles. The number of benzene rings is 1. The van der Waals surface area contributed by atoms with Crippen LogP contribution < -0.4 is 9.64 Å². The highest BCUT2D eigenvalue weighted by molar-refractivity contribution is 6.32. The predicted molar refractivity (Wildman–Crippen MR) is 133 cm³/mol. The van der Waals surface area contributed by atoms with E-state index in [0.717, 1.165) is 35.6 Å². The summed E-state index contributed by atoms with van der Waals surface area (Å²) in [5, 5.41) is 10.3. The van der Waals surface area contributed by atoms with E-state index in [2.05, 4.69) is 11.0 Å². The van der Waals surface area contributed by atoms with Crippen molar-refractivity contribution in [3.8, 4) is 17.0 Å². The van der Waals surface area contributed by atoms with Crippen LogP contribution in [-0.2, 0) is 11.3 Å². The number of aromatic nitrogens is 2. The molecule has 9 heteroatoms. The van der Waals surface area contributed by atoms with E-state index in [1.807, 2.05) is 43.6 Å². The van der Waals surface area contributed by atoms with Gasteiger partial charge in [0, 0.05) is 55.9 Å². The summed E-state index contributed by atoms with van der Waals surface area (Å²) >= 11 is 6.33. The van der Waals surface area contributed by atoms with Gasteiger partial charge in [-0.3, -0.25) is 0 Å². The molecule has 0 atom stereocenters. The number of amides is 1. The number of carbonyl (C=O) groups excluding carboxylic acids is 1. The van der Waals surface area contributed by atoms with Gasteiger partial charge < -0.3 is 28.8 Å². The summed E-state index contributed by atoms with van der Waals surface area (Å²) in [4.78, 5) is 21.3. The Morgan fingerprint density at radius 2 is 1.97 bits per heavy atom. The Balaban J connectivity index is 1.55. The van der Waals surface area contributed by atoms with Crippen LogP contribution in [0.2, 0.25) is 5.02 Å². The molecule has 4 rings (SSSR count). The minimum absolute atomic E-state index is 0.149. The minimum atomic E-state index is -0.503. The number of aliphatic hydroxyl groups excluding tert-OH is 1. The lowest BCUT2D eigenvalue weighted by Gasteiger charge is -2.27. The Labute approximate surface area is 204 Å². The van der Waals surface area contributed by atoms with Crippen LogP contribution in [0.4, 0.5) is 10.5 Å². The summed E-state index contributed by atoms with van der Waals surface area (Å²) in [6.07, 6.45) is 4.49. The number of ether oxygens (including phenoxy) is 2. The first kappa shape index (κ1) is 24.2. The molecule has 0 unspecified atom stereocenters. The number of nitrogens with zero attached hydrogens (tertiary/aromatic N) is 4. The SMILES string of the molecule is COc1cc(CO)c(-c2cn3ccc(N4CCCN(C(=O)OC(C)(C)C)CC4)cc3n2)cc1Cl. The van der Waals surface area contributed by atoms with Gasteiger partial charge in [-0.2, -0.15) is 0 Å². The van der Waals surface area contributed by atoms with E-state index in [-0.39, 0.29) is 12.7 Å². The molecule has 2 aromatic heterocycles. The van der Waals surface area contributed by atoms with Crippen molar-refractivity contribution in [1.29, 1.82) is 0 Å². The van der Waals surface area contributed by atoms with E-state index in [0.29, 0.717) is 36.0 Å². The van der Waals surface area contributed by atoms with Crippen molar-refractivity contribution in [2.75, 3.05) is 38.2 Å². The fraction of sp³-hybridized carbons (Fsp3) is 0.440. The summed E-state index contributed by atoms with van der Waals surface area (Å²) in [5.74, 6) is 0.516. The summed E-state index contributed by atoms with van der Waals surface area (Å²) in [6.45, 7) is 8.32. The smallest absolute Gasteiger partial charge is 0.410 e. The molecule has 1 amide bonds. The number of aliphatic hydroxyl groups is 1. The first-order valence-electron chi connectivity index (χ1n) is 11.4. The van der Waals surface area contributed by atoms with Gasteiger partial charge in [0.2, 0.25) is 0 Å². The molecule has 8 nitrogen and oxygen atoms in total. The van der Waals surface area contributed by atoms with Crippen LogP contribution in [-0.4, -0.2) is 64.4 Å². The number of pyridine rings is 1. The number of halogens is 1. The highest BCUT2D eigenvalue weighted by Gasteiger charge is 2.25. The maximum Gasteiger partial charge on any atom is 0.410 e. The number of rotatable bonds is 4. The lowest BCUT2D eigenvalue weighted by molar-refractivity contribution is 0.0263. The second-order valence-corrected chi connectivity index (χ2v) is 9.79. The van der Waals surface area contributed by atoms with Gasteiger partial charge in [-0.25, -0.2) is 9.78 Å². The van der Waals surface area contributed by atoms with E-state index in [1.54, 1.807) is 24.1 Å². The molecular weight excluding hydrogens is 456 g/mol. The zero-order valence-corrected chi connectivity index (χ0v) is 20.8. The van der Waals surface area contributed by atoms with Crippen LogP contribution in [0.5, 0.6) is 5.75 Å². The Hall–Kier alpha value is -2.97. The molecule has 1 aliphatic rings. The van der Waals surface area contributed by atoms with Gasteiger partial charge in [-0.05, 0) is 51.0 Å². The van der Waals surface area contributed by atoms with Gasteiger partial charge in [0.15, 0.2) is 0 Å². The standard InChI is InChI=1S/C25H31ClN4O4/c1-25(2,3)34-24(32)29-8-5-7-28(10-11-29)18-6-9-30-15-21(27-23(30)13-18)19-14-20(26)22(33-4)12-17(19)16-31/h6,9,12-15,31H,5,7-8,10-11,16H2,1-4H3. The molecule has 182 valence electrons. The normalized spacial score (nSPS) is 14.9. The molecule has 0 radical (unpaired) electrons. The third-order valence-corrected chi connectivity index (χ3v) is 6.08. The molecular formula is C25H31ClN4O4. The van der Waals surface area contributed by atoms with Crippen molar-refractivity contribution >= 4 is 29.0 Å². The number of methoxy groups -OCH3 is 1. The number of hydrogen-bond donors (Lipinski definition) is 1. The monoisotopic (exact) mass is 486 g/mol. The minimum Gasteiger partial charge on any atom is -0.495 e. The highest BCUT2D eigenvalue weighted by atomic mass is 35.5. The van der Waals surface area contributed by atoms with Gasteiger partial charge in [0.1, 0.15) is 17.0 Å². The third kappa shape index (κ3) is 5.23. The average Bonchev–Trinajstić information content (AvgIpc) is 3.05. The first-order valence-corrected chi connectivity index (χ1v) is 11.8. The van der Waals surface area contributed by atoms with Crippen LogP contribution in [0, 0.1) is 0 Å². The molecule has 1 N–H and O–H groups in total. The average molecular weight is 487 g/mol. The summed E-state index contributed by atoms with van der Waals surface area (Å²) in [7, 11) is 1.55. The van der Waals surface area contributed by atoms with Crippen molar-refractivity contribution in [3.63, 3.8) is 0 Å². The molecule has 3 heterocycles. The predicted octanol–water partition coefficient (Wildman–Crippen LogP) is 4.60. The maximum atomic E-state index is 12.5.